The minimum atomic E-state index is -0.157. The summed E-state index contributed by atoms with van der Waals surface area (Å²) < 4.78 is 9.20. The van der Waals surface area contributed by atoms with E-state index >= 15 is 0 Å². The van der Waals surface area contributed by atoms with Crippen LogP contribution in [0.4, 0.5) is 0 Å². The Morgan fingerprint density at radius 1 is 1.25 bits per heavy atom. The molecule has 0 atom stereocenters. The average Bonchev–Trinajstić information content (AvgIpc) is 2.03. The molecule has 0 unspecified atom stereocenters. The number of ether oxygens (including phenoxy) is 2. The normalized spacial score (nSPS) is 9.83. The Kier molecular flexibility index (Phi) is 8.27. The summed E-state index contributed by atoms with van der Waals surface area (Å²) >= 11 is 0. The Hall–Kier alpha value is -0.570. The second-order valence-corrected chi connectivity index (χ2v) is 3.25. The van der Waals surface area contributed by atoms with E-state index in [-0.39, 0.29) is 11.6 Å². The summed E-state index contributed by atoms with van der Waals surface area (Å²) in [7, 11) is 3.09. The zero-order chi connectivity index (χ0) is 10.2. The highest BCUT2D eigenvalue weighted by Gasteiger charge is 2.03. The number of rotatable bonds is 1. The maximum atomic E-state index is 9.96. The van der Waals surface area contributed by atoms with Crippen LogP contribution in [0.2, 0.25) is 0 Å². The second kappa shape index (κ2) is 7.10. The predicted octanol–water partition coefficient (Wildman–Crippen LogP) is 2.00. The van der Waals surface area contributed by atoms with Crippen molar-refractivity contribution < 1.29 is 14.3 Å². The highest BCUT2D eigenvalue weighted by atomic mass is 16.5. The van der Waals surface area contributed by atoms with Gasteiger partial charge in [0.25, 0.3) is 0 Å². The molecule has 0 aromatic carbocycles. The molecular formula is C9H20O3. The van der Waals surface area contributed by atoms with Gasteiger partial charge in [-0.1, -0.05) is 6.92 Å². The molecule has 0 rings (SSSR count). The minimum Gasteiger partial charge on any atom is -0.469 e. The first kappa shape index (κ1) is 14.0. The van der Waals surface area contributed by atoms with Crippen molar-refractivity contribution in [1.29, 1.82) is 0 Å². The molecule has 0 radical (unpaired) electrons. The van der Waals surface area contributed by atoms with Crippen LogP contribution < -0.4 is 0 Å². The van der Waals surface area contributed by atoms with Crippen molar-refractivity contribution in [3.63, 3.8) is 0 Å². The third-order valence-electron chi connectivity index (χ3n) is 1.13. The van der Waals surface area contributed by atoms with Gasteiger partial charge in [0, 0.05) is 13.5 Å². The zero-order valence-corrected chi connectivity index (χ0v) is 8.93. The van der Waals surface area contributed by atoms with Gasteiger partial charge in [-0.05, 0) is 20.8 Å². The van der Waals surface area contributed by atoms with E-state index in [1.54, 1.807) is 14.0 Å². The van der Waals surface area contributed by atoms with Gasteiger partial charge < -0.3 is 9.47 Å². The molecule has 3 nitrogen and oxygen atoms in total. The predicted molar refractivity (Wildman–Crippen MR) is 49.1 cm³/mol. The van der Waals surface area contributed by atoms with Crippen molar-refractivity contribution in [2.24, 2.45) is 0 Å². The Morgan fingerprint density at radius 3 is 1.58 bits per heavy atom. The van der Waals surface area contributed by atoms with Gasteiger partial charge >= 0.3 is 5.97 Å². The van der Waals surface area contributed by atoms with Gasteiger partial charge in [0.15, 0.2) is 0 Å². The lowest BCUT2D eigenvalue weighted by Gasteiger charge is -2.14. The summed E-state index contributed by atoms with van der Waals surface area (Å²) in [6.07, 6.45) is 0.469. The fraction of sp³-hybridized carbons (Fsp3) is 0.889. The lowest BCUT2D eigenvalue weighted by molar-refractivity contribution is -0.140. The third kappa shape index (κ3) is 16.2. The molecule has 0 saturated carbocycles. The van der Waals surface area contributed by atoms with Gasteiger partial charge in [-0.3, -0.25) is 4.79 Å². The second-order valence-electron chi connectivity index (χ2n) is 3.25. The van der Waals surface area contributed by atoms with Crippen LogP contribution in [-0.4, -0.2) is 25.8 Å². The van der Waals surface area contributed by atoms with E-state index in [0.29, 0.717) is 6.42 Å². The molecule has 0 N–H and O–H groups in total. The van der Waals surface area contributed by atoms with Crippen LogP contribution in [0.3, 0.4) is 0 Å². The number of carbonyl (C=O) groups is 1. The topological polar surface area (TPSA) is 35.5 Å². The maximum Gasteiger partial charge on any atom is 0.305 e. The Bertz CT molecular complexity index is 107. The highest BCUT2D eigenvalue weighted by Crippen LogP contribution is 2.02. The Balaban J connectivity index is 0. The first-order valence-electron chi connectivity index (χ1n) is 3.99. The van der Waals surface area contributed by atoms with Crippen LogP contribution in [0.1, 0.15) is 34.1 Å². The third-order valence-corrected chi connectivity index (χ3v) is 1.13. The first-order chi connectivity index (χ1) is 5.37. The van der Waals surface area contributed by atoms with Crippen LogP contribution >= 0.6 is 0 Å². The number of esters is 1. The summed E-state index contributed by atoms with van der Waals surface area (Å²) in [6.45, 7) is 7.82. The first-order valence-corrected chi connectivity index (χ1v) is 3.99. The van der Waals surface area contributed by atoms with E-state index in [0.717, 1.165) is 0 Å². The highest BCUT2D eigenvalue weighted by molar-refractivity contribution is 5.68. The SMILES string of the molecule is CCC(=O)OC.COC(C)(C)C. The summed E-state index contributed by atoms with van der Waals surface area (Å²) in [5.74, 6) is -0.157. The largest absolute Gasteiger partial charge is 0.469 e. The van der Waals surface area contributed by atoms with E-state index in [1.807, 2.05) is 20.8 Å². The molecule has 74 valence electrons. The van der Waals surface area contributed by atoms with Crippen LogP contribution in [0.15, 0.2) is 0 Å². The van der Waals surface area contributed by atoms with E-state index < -0.39 is 0 Å². The van der Waals surface area contributed by atoms with Gasteiger partial charge in [-0.25, -0.2) is 0 Å². The van der Waals surface area contributed by atoms with Crippen molar-refractivity contribution in [1.82, 2.24) is 0 Å². The molecule has 0 heterocycles. The van der Waals surface area contributed by atoms with Gasteiger partial charge in [0.05, 0.1) is 12.7 Å². The lowest BCUT2D eigenvalue weighted by Crippen LogP contribution is -2.15. The molecule has 3 heteroatoms. The van der Waals surface area contributed by atoms with Crippen LogP contribution in [-0.2, 0) is 14.3 Å². The standard InChI is InChI=1S/C5H12O.C4H8O2/c1-5(2,3)6-4;1-3-4(5)6-2/h1-4H3;3H2,1-2H3. The average molecular weight is 176 g/mol. The number of hydrogen-bond acceptors (Lipinski definition) is 3. The molecule has 0 aliphatic rings. The van der Waals surface area contributed by atoms with Crippen molar-refractivity contribution in [2.75, 3.05) is 14.2 Å². The quantitative estimate of drug-likeness (QED) is 0.573. The van der Waals surface area contributed by atoms with Crippen molar-refractivity contribution in [3.8, 4) is 0 Å². The van der Waals surface area contributed by atoms with Crippen molar-refractivity contribution in [2.45, 2.75) is 39.7 Å². The number of hydrogen-bond donors (Lipinski definition) is 0. The smallest absolute Gasteiger partial charge is 0.305 e. The maximum absolute atomic E-state index is 9.96. The zero-order valence-electron chi connectivity index (χ0n) is 8.93. The summed E-state index contributed by atoms with van der Waals surface area (Å²) in [5.41, 5.74) is 0.0417. The fourth-order valence-corrected chi connectivity index (χ4v) is 0.144. The summed E-state index contributed by atoms with van der Waals surface area (Å²) in [5, 5.41) is 0. The molecule has 0 fully saturated rings. The van der Waals surface area contributed by atoms with Crippen LogP contribution in [0.5, 0.6) is 0 Å². The Labute approximate surface area is 75.1 Å². The molecule has 12 heavy (non-hydrogen) atoms. The van der Waals surface area contributed by atoms with Crippen molar-refractivity contribution in [3.05, 3.63) is 0 Å². The van der Waals surface area contributed by atoms with Gasteiger partial charge in [-0.2, -0.15) is 0 Å². The van der Waals surface area contributed by atoms with E-state index in [9.17, 15) is 4.79 Å². The molecule has 0 aliphatic carbocycles. The fourth-order valence-electron chi connectivity index (χ4n) is 0.144. The Morgan fingerprint density at radius 2 is 1.58 bits per heavy atom. The molecule has 0 bridgehead atoms. The van der Waals surface area contributed by atoms with E-state index in [1.165, 1.54) is 7.11 Å². The van der Waals surface area contributed by atoms with Crippen LogP contribution in [0.25, 0.3) is 0 Å². The number of carbonyl (C=O) groups excluding carboxylic acids is 1. The number of methoxy groups -OCH3 is 2. The lowest BCUT2D eigenvalue weighted by atomic mass is 10.2. The molecule has 0 aromatic rings. The molecule has 0 spiro atoms. The molecule has 0 amide bonds. The molecule has 0 aromatic heterocycles. The molecule has 0 saturated heterocycles. The molecular weight excluding hydrogens is 156 g/mol. The summed E-state index contributed by atoms with van der Waals surface area (Å²) in [4.78, 5) is 9.96. The van der Waals surface area contributed by atoms with Gasteiger partial charge in [0.2, 0.25) is 0 Å². The molecule has 0 aliphatic heterocycles. The summed E-state index contributed by atoms with van der Waals surface area (Å²) in [6, 6.07) is 0. The van der Waals surface area contributed by atoms with E-state index in [4.69, 9.17) is 4.74 Å². The minimum absolute atomic E-state index is 0.0417. The van der Waals surface area contributed by atoms with Crippen LogP contribution in [0, 0.1) is 0 Å². The van der Waals surface area contributed by atoms with Crippen molar-refractivity contribution >= 4 is 5.97 Å². The van der Waals surface area contributed by atoms with Gasteiger partial charge in [0.1, 0.15) is 0 Å². The van der Waals surface area contributed by atoms with Gasteiger partial charge in [-0.15, -0.1) is 0 Å². The monoisotopic (exact) mass is 176 g/mol. The van der Waals surface area contributed by atoms with E-state index in [2.05, 4.69) is 4.74 Å².